The van der Waals surface area contributed by atoms with Gasteiger partial charge in [-0.1, -0.05) is 18.2 Å². The van der Waals surface area contributed by atoms with Crippen LogP contribution in [0.2, 0.25) is 0 Å². The number of para-hydroxylation sites is 1. The second-order valence-corrected chi connectivity index (χ2v) is 6.66. The van der Waals surface area contributed by atoms with Crippen molar-refractivity contribution < 1.29 is 14.3 Å². The molecule has 3 aliphatic rings. The second-order valence-electron chi connectivity index (χ2n) is 6.66. The fraction of sp³-hybridized carbons (Fsp3) is 0.529. The molecule has 0 unspecified atom stereocenters. The highest BCUT2D eigenvalue weighted by molar-refractivity contribution is 6.06. The van der Waals surface area contributed by atoms with E-state index < -0.39 is 5.54 Å². The number of carbonyl (C=O) groups excluding carboxylic acids is 2. The molecular formula is C17H21N3O3. The highest BCUT2D eigenvalue weighted by atomic mass is 16.5. The summed E-state index contributed by atoms with van der Waals surface area (Å²) in [5, 5.41) is 2.88. The average Bonchev–Trinajstić information content (AvgIpc) is 3.11. The maximum absolute atomic E-state index is 12.3. The number of nitrogens with zero attached hydrogens (tertiary/aromatic N) is 2. The third-order valence-electron chi connectivity index (χ3n) is 5.26. The van der Waals surface area contributed by atoms with Gasteiger partial charge in [-0.2, -0.15) is 0 Å². The summed E-state index contributed by atoms with van der Waals surface area (Å²) in [7, 11) is 1.55. The van der Waals surface area contributed by atoms with Crippen LogP contribution >= 0.6 is 0 Å². The van der Waals surface area contributed by atoms with Crippen LogP contribution in [0.15, 0.2) is 18.2 Å². The summed E-state index contributed by atoms with van der Waals surface area (Å²) in [6.07, 6.45) is 2.31. The molecule has 0 radical (unpaired) electrons. The average molecular weight is 315 g/mol. The Bertz CT molecular complexity index is 665. The van der Waals surface area contributed by atoms with E-state index in [9.17, 15) is 9.59 Å². The van der Waals surface area contributed by atoms with Crippen LogP contribution in [-0.4, -0.2) is 54.0 Å². The Morgan fingerprint density at radius 3 is 2.74 bits per heavy atom. The molecular weight excluding hydrogens is 294 g/mol. The van der Waals surface area contributed by atoms with Crippen LogP contribution in [0.25, 0.3) is 0 Å². The first-order valence-corrected chi connectivity index (χ1v) is 8.15. The molecule has 6 heteroatoms. The fourth-order valence-corrected chi connectivity index (χ4v) is 3.84. The van der Waals surface area contributed by atoms with E-state index in [0.717, 1.165) is 38.4 Å². The third kappa shape index (κ3) is 2.28. The molecule has 3 heterocycles. The van der Waals surface area contributed by atoms with Crippen LogP contribution in [0, 0.1) is 0 Å². The number of likely N-dealkylation sites (tertiary alicyclic amines) is 1. The van der Waals surface area contributed by atoms with Crippen molar-refractivity contribution in [1.29, 1.82) is 0 Å². The summed E-state index contributed by atoms with van der Waals surface area (Å²) in [4.78, 5) is 27.6. The monoisotopic (exact) mass is 315 g/mol. The first-order valence-electron chi connectivity index (χ1n) is 8.15. The SMILES string of the molecule is CN1C(=O)NC2(CCN(Cc3cccc4c3OCC4)CC2)C1=O. The molecule has 4 rings (SSSR count). The van der Waals surface area contributed by atoms with Crippen LogP contribution in [0.1, 0.15) is 24.0 Å². The van der Waals surface area contributed by atoms with Gasteiger partial charge in [0.25, 0.3) is 5.91 Å². The Labute approximate surface area is 135 Å². The molecule has 0 atom stereocenters. The van der Waals surface area contributed by atoms with Crippen molar-refractivity contribution in [3.63, 3.8) is 0 Å². The van der Waals surface area contributed by atoms with Crippen LogP contribution in [-0.2, 0) is 17.8 Å². The molecule has 3 amide bonds. The quantitative estimate of drug-likeness (QED) is 0.831. The molecule has 1 aromatic carbocycles. The van der Waals surface area contributed by atoms with E-state index in [1.54, 1.807) is 7.05 Å². The lowest BCUT2D eigenvalue weighted by molar-refractivity contribution is -0.132. The maximum Gasteiger partial charge on any atom is 0.324 e. The smallest absolute Gasteiger partial charge is 0.324 e. The summed E-state index contributed by atoms with van der Waals surface area (Å²) in [5.41, 5.74) is 1.82. The Kier molecular flexibility index (Phi) is 3.30. The zero-order chi connectivity index (χ0) is 16.0. The minimum atomic E-state index is -0.683. The first kappa shape index (κ1) is 14.5. The van der Waals surface area contributed by atoms with Gasteiger partial charge in [0.1, 0.15) is 11.3 Å². The normalized spacial score (nSPS) is 23.1. The number of urea groups is 1. The van der Waals surface area contributed by atoms with E-state index in [1.165, 1.54) is 16.0 Å². The van der Waals surface area contributed by atoms with E-state index in [4.69, 9.17) is 4.74 Å². The summed E-state index contributed by atoms with van der Waals surface area (Å²) < 4.78 is 5.77. The number of hydrogen-bond acceptors (Lipinski definition) is 4. The molecule has 122 valence electrons. The molecule has 0 aromatic heterocycles. The van der Waals surface area contributed by atoms with Gasteiger partial charge in [0.2, 0.25) is 0 Å². The summed E-state index contributed by atoms with van der Waals surface area (Å²) in [6.45, 7) is 3.19. The third-order valence-corrected chi connectivity index (χ3v) is 5.26. The minimum Gasteiger partial charge on any atom is -0.493 e. The van der Waals surface area contributed by atoms with E-state index in [1.807, 2.05) is 0 Å². The van der Waals surface area contributed by atoms with Gasteiger partial charge >= 0.3 is 6.03 Å². The number of fused-ring (bicyclic) bond motifs is 1. The number of likely N-dealkylation sites (N-methyl/N-ethyl adjacent to an activating group) is 1. The van der Waals surface area contributed by atoms with Gasteiger partial charge in [0, 0.05) is 38.7 Å². The maximum atomic E-state index is 12.3. The molecule has 1 aromatic rings. The van der Waals surface area contributed by atoms with Crippen molar-refractivity contribution in [3.05, 3.63) is 29.3 Å². The van der Waals surface area contributed by atoms with Crippen molar-refractivity contribution in [1.82, 2.24) is 15.1 Å². The zero-order valence-corrected chi connectivity index (χ0v) is 13.3. The van der Waals surface area contributed by atoms with Crippen LogP contribution < -0.4 is 10.1 Å². The molecule has 2 fully saturated rings. The van der Waals surface area contributed by atoms with Gasteiger partial charge < -0.3 is 10.1 Å². The lowest BCUT2D eigenvalue weighted by Crippen LogP contribution is -2.54. The van der Waals surface area contributed by atoms with Crippen molar-refractivity contribution in [3.8, 4) is 5.75 Å². The number of rotatable bonds is 2. The molecule has 3 aliphatic heterocycles. The van der Waals surface area contributed by atoms with Gasteiger partial charge in [0.15, 0.2) is 0 Å². The summed E-state index contributed by atoms with van der Waals surface area (Å²) >= 11 is 0. The van der Waals surface area contributed by atoms with Gasteiger partial charge in [-0.25, -0.2) is 4.79 Å². The van der Waals surface area contributed by atoms with Gasteiger partial charge in [0.05, 0.1) is 6.61 Å². The molecule has 23 heavy (non-hydrogen) atoms. The fourth-order valence-electron chi connectivity index (χ4n) is 3.84. The highest BCUT2D eigenvalue weighted by Gasteiger charge is 2.50. The minimum absolute atomic E-state index is 0.0916. The number of ether oxygens (including phenoxy) is 1. The van der Waals surface area contributed by atoms with Crippen molar-refractivity contribution in [2.45, 2.75) is 31.3 Å². The van der Waals surface area contributed by atoms with Crippen LogP contribution in [0.3, 0.4) is 0 Å². The molecule has 6 nitrogen and oxygen atoms in total. The lowest BCUT2D eigenvalue weighted by Gasteiger charge is -2.37. The number of amides is 3. The number of carbonyl (C=O) groups is 2. The van der Waals surface area contributed by atoms with Gasteiger partial charge in [-0.05, 0) is 18.4 Å². The predicted octanol–water partition coefficient (Wildman–Crippen LogP) is 1.14. The second kappa shape index (κ2) is 5.23. The van der Waals surface area contributed by atoms with Crippen molar-refractivity contribution in [2.24, 2.45) is 0 Å². The number of hydrogen-bond donors (Lipinski definition) is 1. The van der Waals surface area contributed by atoms with E-state index in [2.05, 4.69) is 28.4 Å². The topological polar surface area (TPSA) is 61.9 Å². The van der Waals surface area contributed by atoms with Crippen LogP contribution in [0.5, 0.6) is 5.75 Å². The van der Waals surface area contributed by atoms with Gasteiger partial charge in [-0.15, -0.1) is 0 Å². The van der Waals surface area contributed by atoms with Crippen molar-refractivity contribution in [2.75, 3.05) is 26.7 Å². The number of imide groups is 1. The standard InChI is InChI=1S/C17H21N3O3/c1-19-15(21)17(18-16(19)22)6-8-20(9-7-17)11-13-4-2-3-12-5-10-23-14(12)13/h2-4H,5-11H2,1H3,(H,18,22). The number of nitrogens with one attached hydrogen (secondary N) is 1. The Morgan fingerprint density at radius 1 is 1.26 bits per heavy atom. The lowest BCUT2D eigenvalue weighted by atomic mass is 9.87. The van der Waals surface area contributed by atoms with Gasteiger partial charge in [-0.3, -0.25) is 14.6 Å². The number of piperidine rings is 1. The molecule has 1 spiro atoms. The summed E-state index contributed by atoms with van der Waals surface area (Å²) in [6, 6.07) is 6.05. The molecule has 0 aliphatic carbocycles. The number of benzene rings is 1. The van der Waals surface area contributed by atoms with E-state index in [-0.39, 0.29) is 11.9 Å². The molecule has 2 saturated heterocycles. The molecule has 0 bridgehead atoms. The first-order chi connectivity index (χ1) is 11.1. The molecule has 1 N–H and O–H groups in total. The Balaban J connectivity index is 1.44. The molecule has 0 saturated carbocycles. The summed E-state index contributed by atoms with van der Waals surface area (Å²) in [5.74, 6) is 0.948. The van der Waals surface area contributed by atoms with E-state index in [0.29, 0.717) is 12.8 Å². The van der Waals surface area contributed by atoms with Crippen LogP contribution in [0.4, 0.5) is 4.79 Å². The largest absolute Gasteiger partial charge is 0.493 e. The Hall–Kier alpha value is -2.08. The predicted molar refractivity (Wildman–Crippen MR) is 84.2 cm³/mol. The Morgan fingerprint density at radius 2 is 2.04 bits per heavy atom. The van der Waals surface area contributed by atoms with Crippen molar-refractivity contribution >= 4 is 11.9 Å². The van der Waals surface area contributed by atoms with E-state index >= 15 is 0 Å². The zero-order valence-electron chi connectivity index (χ0n) is 13.3. The highest BCUT2D eigenvalue weighted by Crippen LogP contribution is 2.33.